The van der Waals surface area contributed by atoms with Crippen molar-refractivity contribution >= 4 is 16.7 Å². The molecular weight excluding hydrogens is 186 g/mol. The van der Waals surface area contributed by atoms with Gasteiger partial charge < -0.3 is 10.2 Å². The zero-order valence-electron chi connectivity index (χ0n) is 7.82. The molecule has 0 aromatic carbocycles. The highest BCUT2D eigenvalue weighted by molar-refractivity contribution is 7.09. The van der Waals surface area contributed by atoms with Crippen LogP contribution in [0.3, 0.4) is 0 Å². The molecule has 1 saturated heterocycles. The van der Waals surface area contributed by atoms with Crippen LogP contribution in [0.5, 0.6) is 0 Å². The number of rotatable bonds is 1. The molecule has 13 heavy (non-hydrogen) atoms. The minimum Gasteiger partial charge on any atom is -0.342 e. The molecule has 0 bridgehead atoms. The first-order valence-electron chi connectivity index (χ1n) is 4.32. The van der Waals surface area contributed by atoms with E-state index in [1.807, 2.05) is 0 Å². The van der Waals surface area contributed by atoms with Gasteiger partial charge in [0.2, 0.25) is 5.13 Å². The van der Waals surface area contributed by atoms with E-state index in [9.17, 15) is 0 Å². The molecule has 5 nitrogen and oxygen atoms in total. The SMILES string of the molecule is CC1(C)CN(c2nnns2)CCN1. The number of aromatic nitrogens is 3. The average molecular weight is 199 g/mol. The highest BCUT2D eigenvalue weighted by Crippen LogP contribution is 2.18. The molecule has 2 rings (SSSR count). The summed E-state index contributed by atoms with van der Waals surface area (Å²) in [6, 6.07) is 0. The molecule has 0 amide bonds. The molecule has 2 heterocycles. The molecule has 0 saturated carbocycles. The molecule has 0 radical (unpaired) electrons. The van der Waals surface area contributed by atoms with Gasteiger partial charge in [-0.1, -0.05) is 9.59 Å². The Morgan fingerprint density at radius 3 is 3.00 bits per heavy atom. The smallest absolute Gasteiger partial charge is 0.227 e. The van der Waals surface area contributed by atoms with Crippen molar-refractivity contribution in [1.29, 1.82) is 0 Å². The van der Waals surface area contributed by atoms with E-state index in [4.69, 9.17) is 0 Å². The summed E-state index contributed by atoms with van der Waals surface area (Å²) in [6.07, 6.45) is 0. The molecule has 6 heteroatoms. The van der Waals surface area contributed by atoms with E-state index >= 15 is 0 Å². The van der Waals surface area contributed by atoms with E-state index in [0.717, 1.165) is 24.8 Å². The van der Waals surface area contributed by atoms with Crippen molar-refractivity contribution in [3.63, 3.8) is 0 Å². The van der Waals surface area contributed by atoms with Crippen LogP contribution in [-0.2, 0) is 0 Å². The van der Waals surface area contributed by atoms with E-state index in [2.05, 4.69) is 38.9 Å². The molecule has 1 N–H and O–H groups in total. The van der Waals surface area contributed by atoms with Gasteiger partial charge in [-0.05, 0) is 19.1 Å². The number of hydrogen-bond donors (Lipinski definition) is 1. The van der Waals surface area contributed by atoms with Crippen LogP contribution in [0.25, 0.3) is 0 Å². The number of nitrogens with one attached hydrogen (secondary N) is 1. The largest absolute Gasteiger partial charge is 0.342 e. The van der Waals surface area contributed by atoms with Crippen LogP contribution in [-0.4, -0.2) is 40.0 Å². The van der Waals surface area contributed by atoms with Gasteiger partial charge in [0.15, 0.2) is 0 Å². The Labute approximate surface area is 81.3 Å². The molecule has 1 fully saturated rings. The van der Waals surface area contributed by atoms with Crippen LogP contribution in [0, 0.1) is 0 Å². The molecule has 1 aliphatic heterocycles. The predicted molar refractivity (Wildman–Crippen MR) is 52.0 cm³/mol. The zero-order valence-corrected chi connectivity index (χ0v) is 8.63. The molecule has 0 atom stereocenters. The molecular formula is C7H13N5S. The fourth-order valence-corrected chi connectivity index (χ4v) is 2.05. The Balaban J connectivity index is 2.09. The lowest BCUT2D eigenvalue weighted by molar-refractivity contribution is 0.352. The number of piperazine rings is 1. The van der Waals surface area contributed by atoms with E-state index in [-0.39, 0.29) is 5.54 Å². The van der Waals surface area contributed by atoms with E-state index < -0.39 is 0 Å². The van der Waals surface area contributed by atoms with Gasteiger partial charge in [-0.15, -0.1) is 0 Å². The Bertz CT molecular complexity index is 270. The van der Waals surface area contributed by atoms with Gasteiger partial charge >= 0.3 is 0 Å². The molecule has 72 valence electrons. The van der Waals surface area contributed by atoms with Gasteiger partial charge in [0, 0.05) is 36.7 Å². The first-order valence-corrected chi connectivity index (χ1v) is 5.10. The summed E-state index contributed by atoms with van der Waals surface area (Å²) >= 11 is 1.36. The van der Waals surface area contributed by atoms with E-state index in [1.165, 1.54) is 11.5 Å². The van der Waals surface area contributed by atoms with Crippen molar-refractivity contribution in [2.45, 2.75) is 19.4 Å². The summed E-state index contributed by atoms with van der Waals surface area (Å²) in [7, 11) is 0. The Hall–Kier alpha value is -0.750. The average Bonchev–Trinajstić information content (AvgIpc) is 2.53. The van der Waals surface area contributed by atoms with Crippen LogP contribution < -0.4 is 10.2 Å². The normalized spacial score (nSPS) is 21.8. The van der Waals surface area contributed by atoms with Crippen LogP contribution in [0.1, 0.15) is 13.8 Å². The van der Waals surface area contributed by atoms with E-state index in [1.54, 1.807) is 0 Å². The second kappa shape index (κ2) is 3.19. The highest BCUT2D eigenvalue weighted by atomic mass is 32.1. The molecule has 0 aliphatic carbocycles. The number of anilines is 1. The van der Waals surface area contributed by atoms with Crippen molar-refractivity contribution in [2.24, 2.45) is 0 Å². The third kappa shape index (κ3) is 1.94. The van der Waals surface area contributed by atoms with Crippen molar-refractivity contribution in [2.75, 3.05) is 24.5 Å². The summed E-state index contributed by atoms with van der Waals surface area (Å²) in [5, 5.41) is 11.9. The number of nitrogens with zero attached hydrogens (tertiary/aromatic N) is 4. The topological polar surface area (TPSA) is 53.9 Å². The lowest BCUT2D eigenvalue weighted by atomic mass is 10.0. The summed E-state index contributed by atoms with van der Waals surface area (Å²) in [6.45, 7) is 7.32. The summed E-state index contributed by atoms with van der Waals surface area (Å²) < 4.78 is 3.76. The zero-order chi connectivity index (χ0) is 9.31. The molecule has 1 aromatic rings. The second-order valence-electron chi connectivity index (χ2n) is 3.88. The summed E-state index contributed by atoms with van der Waals surface area (Å²) in [5.41, 5.74) is 0.157. The van der Waals surface area contributed by atoms with Gasteiger partial charge in [0.1, 0.15) is 0 Å². The standard InChI is InChI=1S/C7H13N5S/c1-7(2)5-12(4-3-8-7)6-9-10-11-13-6/h8H,3-5H2,1-2H3. The predicted octanol–water partition coefficient (Wildman–Crippen LogP) is 0.121. The van der Waals surface area contributed by atoms with Gasteiger partial charge in [0.25, 0.3) is 0 Å². The molecule has 0 unspecified atom stereocenters. The maximum atomic E-state index is 3.96. The van der Waals surface area contributed by atoms with Gasteiger partial charge in [-0.25, -0.2) is 0 Å². The quantitative estimate of drug-likeness (QED) is 0.696. The lowest BCUT2D eigenvalue weighted by Crippen LogP contribution is -2.57. The van der Waals surface area contributed by atoms with E-state index in [0.29, 0.717) is 0 Å². The third-order valence-corrected chi connectivity index (χ3v) is 2.79. The maximum Gasteiger partial charge on any atom is 0.227 e. The fourth-order valence-electron chi connectivity index (χ4n) is 1.56. The minimum absolute atomic E-state index is 0.157. The Kier molecular flexibility index (Phi) is 2.17. The Morgan fingerprint density at radius 2 is 2.38 bits per heavy atom. The molecule has 1 aromatic heterocycles. The number of hydrogen-bond acceptors (Lipinski definition) is 6. The first-order chi connectivity index (χ1) is 6.17. The van der Waals surface area contributed by atoms with Crippen LogP contribution in [0.15, 0.2) is 0 Å². The lowest BCUT2D eigenvalue weighted by Gasteiger charge is -2.38. The van der Waals surface area contributed by atoms with Crippen molar-refractivity contribution < 1.29 is 0 Å². The van der Waals surface area contributed by atoms with Gasteiger partial charge in [0.05, 0.1) is 0 Å². The monoisotopic (exact) mass is 199 g/mol. The van der Waals surface area contributed by atoms with Crippen LogP contribution in [0.4, 0.5) is 5.13 Å². The van der Waals surface area contributed by atoms with Crippen molar-refractivity contribution in [3.05, 3.63) is 0 Å². The second-order valence-corrected chi connectivity index (χ2v) is 4.59. The van der Waals surface area contributed by atoms with Crippen LogP contribution >= 0.6 is 11.5 Å². The Morgan fingerprint density at radius 1 is 1.54 bits per heavy atom. The molecule has 1 aliphatic rings. The first kappa shape index (κ1) is 8.83. The molecule has 0 spiro atoms. The third-order valence-electron chi connectivity index (χ3n) is 2.13. The van der Waals surface area contributed by atoms with Gasteiger partial charge in [-0.2, -0.15) is 0 Å². The highest BCUT2D eigenvalue weighted by Gasteiger charge is 2.27. The van der Waals surface area contributed by atoms with Crippen molar-refractivity contribution in [1.82, 2.24) is 20.1 Å². The fraction of sp³-hybridized carbons (Fsp3) is 0.857. The van der Waals surface area contributed by atoms with Crippen LogP contribution in [0.2, 0.25) is 0 Å². The van der Waals surface area contributed by atoms with Gasteiger partial charge in [-0.3, -0.25) is 0 Å². The summed E-state index contributed by atoms with van der Waals surface area (Å²) in [5.74, 6) is 0. The maximum absolute atomic E-state index is 3.96. The van der Waals surface area contributed by atoms with Crippen molar-refractivity contribution in [3.8, 4) is 0 Å². The summed E-state index contributed by atoms with van der Waals surface area (Å²) in [4.78, 5) is 2.22. The minimum atomic E-state index is 0.157.